The Labute approximate surface area is 64.5 Å². The van der Waals surface area contributed by atoms with Crippen LogP contribution in [0.4, 0.5) is 0 Å². The highest BCUT2D eigenvalue weighted by Crippen LogP contribution is 2.30. The molecule has 0 saturated carbocycles. The number of fused-ring (bicyclic) bond motifs is 5. The zero-order valence-corrected chi connectivity index (χ0v) is 5.95. The molecule has 2 aliphatic rings. The maximum absolute atomic E-state index is 5.38. The summed E-state index contributed by atoms with van der Waals surface area (Å²) in [6, 6.07) is 8.62. The Morgan fingerprint density at radius 2 is 2.45 bits per heavy atom. The number of aliphatic imine (C=N–C) groups is 1. The van der Waals surface area contributed by atoms with Crippen molar-refractivity contribution in [1.82, 2.24) is 0 Å². The van der Waals surface area contributed by atoms with Crippen molar-refractivity contribution in [2.45, 2.75) is 6.04 Å². The van der Waals surface area contributed by atoms with Gasteiger partial charge in [0.1, 0.15) is 12.6 Å². The highest BCUT2D eigenvalue weighted by Gasteiger charge is 2.26. The molecule has 0 amide bonds. The molecule has 1 atom stereocenters. The Morgan fingerprint density at radius 1 is 1.45 bits per heavy atom. The van der Waals surface area contributed by atoms with Gasteiger partial charge in [0, 0.05) is 5.56 Å². The predicted molar refractivity (Wildman–Crippen MR) is 41.7 cm³/mol. The average Bonchev–Trinajstić information content (AvgIpc) is 2.48. The largest absolute Gasteiger partial charge is 0.475 e. The van der Waals surface area contributed by atoms with Crippen LogP contribution in [0.15, 0.2) is 29.3 Å². The van der Waals surface area contributed by atoms with E-state index in [2.05, 4.69) is 23.2 Å². The van der Waals surface area contributed by atoms with Gasteiger partial charge >= 0.3 is 0 Å². The lowest BCUT2D eigenvalue weighted by atomic mass is 10.0. The summed E-state index contributed by atoms with van der Waals surface area (Å²) in [7, 11) is 0. The molecule has 0 saturated heterocycles. The molecule has 2 nitrogen and oxygen atoms in total. The van der Waals surface area contributed by atoms with Crippen LogP contribution in [-0.4, -0.2) is 12.5 Å². The van der Waals surface area contributed by atoms with E-state index in [-0.39, 0.29) is 6.04 Å². The van der Waals surface area contributed by atoms with Crippen molar-refractivity contribution < 1.29 is 4.74 Å². The van der Waals surface area contributed by atoms with E-state index in [1.807, 2.05) is 6.07 Å². The van der Waals surface area contributed by atoms with Gasteiger partial charge in [-0.15, -0.1) is 0 Å². The minimum atomic E-state index is 0.277. The second-order valence-electron chi connectivity index (χ2n) is 2.89. The van der Waals surface area contributed by atoms with Crippen molar-refractivity contribution in [2.75, 3.05) is 6.61 Å². The van der Waals surface area contributed by atoms with Gasteiger partial charge in [0.15, 0.2) is 0 Å². The average molecular weight is 145 g/mol. The van der Waals surface area contributed by atoms with Crippen LogP contribution >= 0.6 is 0 Å². The zero-order chi connectivity index (χ0) is 7.26. The molecule has 1 aromatic carbocycles. The van der Waals surface area contributed by atoms with Crippen LogP contribution in [0.5, 0.6) is 0 Å². The van der Waals surface area contributed by atoms with E-state index < -0.39 is 0 Å². The molecule has 11 heavy (non-hydrogen) atoms. The van der Waals surface area contributed by atoms with Crippen molar-refractivity contribution in [3.8, 4) is 0 Å². The van der Waals surface area contributed by atoms with Crippen molar-refractivity contribution in [3.05, 3.63) is 35.4 Å². The summed E-state index contributed by atoms with van der Waals surface area (Å²) >= 11 is 0. The number of nitrogens with zero attached hydrogens (tertiary/aromatic N) is 1. The van der Waals surface area contributed by atoms with Crippen molar-refractivity contribution in [1.29, 1.82) is 0 Å². The van der Waals surface area contributed by atoms with E-state index in [1.165, 1.54) is 5.56 Å². The fraction of sp³-hybridized carbons (Fsp3) is 0.222. The Kier molecular flexibility index (Phi) is 0.799. The Hall–Kier alpha value is -1.31. The smallest absolute Gasteiger partial charge is 0.216 e. The molecule has 4 bridgehead atoms. The number of rotatable bonds is 0. The van der Waals surface area contributed by atoms with Crippen LogP contribution in [0.1, 0.15) is 17.2 Å². The first-order valence-electron chi connectivity index (χ1n) is 3.74. The van der Waals surface area contributed by atoms with Gasteiger partial charge in [-0.1, -0.05) is 12.1 Å². The molecule has 0 fully saturated rings. The number of ether oxygens (including phenoxy) is 1. The van der Waals surface area contributed by atoms with Gasteiger partial charge < -0.3 is 4.74 Å². The third-order valence-electron chi connectivity index (χ3n) is 2.17. The van der Waals surface area contributed by atoms with Gasteiger partial charge in [-0.05, 0) is 17.7 Å². The van der Waals surface area contributed by atoms with E-state index in [0.717, 1.165) is 18.1 Å². The van der Waals surface area contributed by atoms with Crippen LogP contribution < -0.4 is 0 Å². The van der Waals surface area contributed by atoms with Crippen molar-refractivity contribution in [2.24, 2.45) is 4.99 Å². The number of hydrogen-bond acceptors (Lipinski definition) is 2. The summed E-state index contributed by atoms with van der Waals surface area (Å²) in [6.07, 6.45) is 0. The molecule has 0 aromatic heterocycles. The molecule has 1 aromatic rings. The maximum Gasteiger partial charge on any atom is 0.216 e. The minimum Gasteiger partial charge on any atom is -0.475 e. The van der Waals surface area contributed by atoms with Crippen LogP contribution in [0.3, 0.4) is 0 Å². The summed E-state index contributed by atoms with van der Waals surface area (Å²) in [5.74, 6) is 0.822. The molecule has 1 unspecified atom stereocenters. The Bertz CT molecular complexity index is 343. The molecule has 0 N–H and O–H groups in total. The number of hydrogen-bond donors (Lipinski definition) is 0. The van der Waals surface area contributed by atoms with Crippen LogP contribution in [0, 0.1) is 0 Å². The standard InChI is InChI=1S/C9H7NO/c1-2-6-4-7(3-1)9-10-8(6)5-11-9/h1-4,8H,5H2. The molecule has 3 rings (SSSR count). The van der Waals surface area contributed by atoms with Gasteiger partial charge in [0.25, 0.3) is 0 Å². The topological polar surface area (TPSA) is 21.6 Å². The van der Waals surface area contributed by atoms with Crippen LogP contribution in [-0.2, 0) is 4.74 Å². The monoisotopic (exact) mass is 145 g/mol. The van der Waals surface area contributed by atoms with E-state index in [9.17, 15) is 0 Å². The van der Waals surface area contributed by atoms with Crippen LogP contribution in [0.25, 0.3) is 0 Å². The molecular weight excluding hydrogens is 138 g/mol. The van der Waals surface area contributed by atoms with Gasteiger partial charge in [-0.2, -0.15) is 0 Å². The van der Waals surface area contributed by atoms with E-state index >= 15 is 0 Å². The van der Waals surface area contributed by atoms with E-state index in [0.29, 0.717) is 0 Å². The van der Waals surface area contributed by atoms with Gasteiger partial charge in [0.05, 0.1) is 0 Å². The first-order valence-corrected chi connectivity index (χ1v) is 3.74. The number of benzene rings is 1. The summed E-state index contributed by atoms with van der Waals surface area (Å²) in [5, 5.41) is 0. The summed E-state index contributed by atoms with van der Waals surface area (Å²) in [4.78, 5) is 4.38. The molecule has 0 aliphatic carbocycles. The Morgan fingerprint density at radius 3 is 3.45 bits per heavy atom. The lowest BCUT2D eigenvalue weighted by Crippen LogP contribution is -2.01. The maximum atomic E-state index is 5.38. The summed E-state index contributed by atoms with van der Waals surface area (Å²) in [6.45, 7) is 0.725. The van der Waals surface area contributed by atoms with Crippen LogP contribution in [0.2, 0.25) is 0 Å². The van der Waals surface area contributed by atoms with E-state index in [4.69, 9.17) is 4.74 Å². The van der Waals surface area contributed by atoms with Crippen molar-refractivity contribution in [3.63, 3.8) is 0 Å². The van der Waals surface area contributed by atoms with E-state index in [1.54, 1.807) is 0 Å². The summed E-state index contributed by atoms with van der Waals surface area (Å²) in [5.41, 5.74) is 2.40. The highest BCUT2D eigenvalue weighted by atomic mass is 16.5. The normalized spacial score (nSPS) is 24.4. The molecule has 0 radical (unpaired) electrons. The highest BCUT2D eigenvalue weighted by molar-refractivity contribution is 5.96. The molecule has 2 heterocycles. The first kappa shape index (κ1) is 5.35. The molecule has 0 spiro atoms. The minimum absolute atomic E-state index is 0.277. The third kappa shape index (κ3) is 0.589. The molecule has 2 heteroatoms. The fourth-order valence-corrected chi connectivity index (χ4v) is 1.58. The quantitative estimate of drug-likeness (QED) is 0.542. The molecule has 2 aliphatic heterocycles. The SMILES string of the molecule is c1cc2cc(c1)C1COC2=N1. The first-order chi connectivity index (χ1) is 5.43. The molecular formula is C9H7NO. The van der Waals surface area contributed by atoms with Crippen molar-refractivity contribution >= 4 is 5.90 Å². The summed E-state index contributed by atoms with van der Waals surface area (Å²) < 4.78 is 5.38. The second-order valence-corrected chi connectivity index (χ2v) is 2.89. The molecule has 54 valence electrons. The van der Waals surface area contributed by atoms with Gasteiger partial charge in [-0.25, -0.2) is 4.99 Å². The third-order valence-corrected chi connectivity index (χ3v) is 2.17. The predicted octanol–water partition coefficient (Wildman–Crippen LogP) is 1.52. The van der Waals surface area contributed by atoms with Gasteiger partial charge in [0.2, 0.25) is 5.90 Å². The Balaban J connectivity index is 2.31. The van der Waals surface area contributed by atoms with Gasteiger partial charge in [-0.3, -0.25) is 0 Å². The lowest BCUT2D eigenvalue weighted by Gasteiger charge is -2.07. The zero-order valence-electron chi connectivity index (χ0n) is 5.95. The second kappa shape index (κ2) is 1.64. The lowest BCUT2D eigenvalue weighted by molar-refractivity contribution is 0.323. The fourth-order valence-electron chi connectivity index (χ4n) is 1.58.